The second kappa shape index (κ2) is 12.5. The van der Waals surface area contributed by atoms with Crippen molar-refractivity contribution in [2.45, 2.75) is 51.0 Å². The van der Waals surface area contributed by atoms with Gasteiger partial charge in [0.15, 0.2) is 5.96 Å². The lowest BCUT2D eigenvalue weighted by molar-refractivity contribution is 0.0888. The van der Waals surface area contributed by atoms with E-state index in [0.29, 0.717) is 12.0 Å². The molecule has 0 aromatic heterocycles. The van der Waals surface area contributed by atoms with Crippen LogP contribution in [0.1, 0.15) is 44.9 Å². The summed E-state index contributed by atoms with van der Waals surface area (Å²) < 4.78 is 11.1. The predicted molar refractivity (Wildman–Crippen MR) is 108 cm³/mol. The van der Waals surface area contributed by atoms with Crippen molar-refractivity contribution in [1.82, 2.24) is 15.5 Å². The molecule has 26 heavy (non-hydrogen) atoms. The third kappa shape index (κ3) is 7.80. The number of ether oxygens (including phenoxy) is 2. The van der Waals surface area contributed by atoms with E-state index in [4.69, 9.17) is 9.47 Å². The molecule has 0 aromatic rings. The van der Waals surface area contributed by atoms with Gasteiger partial charge in [0.05, 0.1) is 13.2 Å². The Morgan fingerprint density at radius 3 is 2.65 bits per heavy atom. The minimum absolute atomic E-state index is 0.575. The van der Waals surface area contributed by atoms with Gasteiger partial charge < -0.3 is 25.0 Å². The van der Waals surface area contributed by atoms with Gasteiger partial charge in [-0.2, -0.15) is 0 Å². The predicted octanol–water partition coefficient (Wildman–Crippen LogP) is 2.11. The fourth-order valence-electron chi connectivity index (χ4n) is 4.06. The van der Waals surface area contributed by atoms with Crippen molar-refractivity contribution < 1.29 is 9.47 Å². The number of nitrogens with one attached hydrogen (secondary N) is 2. The summed E-state index contributed by atoms with van der Waals surface area (Å²) in [6, 6.07) is 0.575. The van der Waals surface area contributed by atoms with Gasteiger partial charge in [0.1, 0.15) is 0 Å². The van der Waals surface area contributed by atoms with E-state index in [-0.39, 0.29) is 0 Å². The summed E-state index contributed by atoms with van der Waals surface area (Å²) in [6.07, 6.45) is 9.03. The highest BCUT2D eigenvalue weighted by atomic mass is 16.5. The zero-order valence-electron chi connectivity index (χ0n) is 17.1. The van der Waals surface area contributed by atoms with Crippen LogP contribution in [0.15, 0.2) is 4.99 Å². The van der Waals surface area contributed by atoms with Crippen molar-refractivity contribution in [3.63, 3.8) is 0 Å². The van der Waals surface area contributed by atoms with Crippen LogP contribution in [0, 0.1) is 11.8 Å². The van der Waals surface area contributed by atoms with E-state index in [0.717, 1.165) is 64.2 Å². The van der Waals surface area contributed by atoms with Crippen molar-refractivity contribution in [2.75, 3.05) is 60.7 Å². The first kappa shape index (κ1) is 21.5. The number of aliphatic imine (C=N–C) groups is 1. The van der Waals surface area contributed by atoms with Gasteiger partial charge >= 0.3 is 0 Å². The first-order valence-corrected chi connectivity index (χ1v) is 10.5. The van der Waals surface area contributed by atoms with Gasteiger partial charge in [0, 0.05) is 45.3 Å². The summed E-state index contributed by atoms with van der Waals surface area (Å²) in [7, 11) is 6.24. The number of rotatable bonds is 10. The molecule has 1 saturated carbocycles. The molecule has 6 nitrogen and oxygen atoms in total. The monoisotopic (exact) mass is 368 g/mol. The quantitative estimate of drug-likeness (QED) is 0.351. The average Bonchev–Trinajstić information content (AvgIpc) is 3.17. The fraction of sp³-hybridized carbons (Fsp3) is 0.950. The van der Waals surface area contributed by atoms with E-state index in [1.54, 1.807) is 0 Å². The molecule has 0 radical (unpaired) electrons. The molecule has 6 heteroatoms. The van der Waals surface area contributed by atoms with Gasteiger partial charge in [-0.15, -0.1) is 0 Å². The van der Waals surface area contributed by atoms with Crippen LogP contribution >= 0.6 is 0 Å². The molecule has 2 rings (SSSR count). The summed E-state index contributed by atoms with van der Waals surface area (Å²) in [5.41, 5.74) is 0. The molecule has 2 aliphatic rings. The van der Waals surface area contributed by atoms with Gasteiger partial charge in [-0.1, -0.05) is 19.3 Å². The lowest BCUT2D eigenvalue weighted by Crippen LogP contribution is -2.48. The zero-order chi connectivity index (χ0) is 18.6. The number of likely N-dealkylation sites (N-methyl/N-ethyl adjacent to an activating group) is 1. The number of nitrogens with zero attached hydrogens (tertiary/aromatic N) is 2. The Bertz CT molecular complexity index is 391. The van der Waals surface area contributed by atoms with E-state index >= 15 is 0 Å². The Kier molecular flexibility index (Phi) is 10.3. The summed E-state index contributed by atoms with van der Waals surface area (Å²) in [5, 5.41) is 6.93. The minimum atomic E-state index is 0.575. The van der Waals surface area contributed by atoms with E-state index in [9.17, 15) is 0 Å². The van der Waals surface area contributed by atoms with Crippen molar-refractivity contribution >= 4 is 5.96 Å². The second-order valence-electron chi connectivity index (χ2n) is 7.97. The lowest BCUT2D eigenvalue weighted by atomic mass is 9.83. The normalized spacial score (nSPS) is 23.4. The molecule has 0 amide bonds. The SMILES string of the molecule is CN=C(NCCCOCC1CCOC1)NCC(C1CCCCC1)N(C)C. The first-order chi connectivity index (χ1) is 12.7. The van der Waals surface area contributed by atoms with Gasteiger partial charge in [-0.3, -0.25) is 4.99 Å². The van der Waals surface area contributed by atoms with E-state index in [1.165, 1.54) is 32.1 Å². The molecule has 152 valence electrons. The van der Waals surface area contributed by atoms with Crippen LogP contribution in [0.25, 0.3) is 0 Å². The van der Waals surface area contributed by atoms with E-state index in [2.05, 4.69) is 34.6 Å². The summed E-state index contributed by atoms with van der Waals surface area (Å²) in [5.74, 6) is 2.30. The van der Waals surface area contributed by atoms with Gasteiger partial charge in [0.25, 0.3) is 0 Å². The largest absolute Gasteiger partial charge is 0.381 e. The molecule has 2 atom stereocenters. The standard InChI is InChI=1S/C20H40N4O2/c1-21-20(22-11-7-12-25-15-17-10-13-26-16-17)23-14-19(24(2)3)18-8-5-4-6-9-18/h17-19H,4-16H2,1-3H3,(H2,21,22,23). The van der Waals surface area contributed by atoms with Crippen LogP contribution in [0.5, 0.6) is 0 Å². The molecule has 0 bridgehead atoms. The maximum Gasteiger partial charge on any atom is 0.191 e. The molecular weight excluding hydrogens is 328 g/mol. The summed E-state index contributed by atoms with van der Waals surface area (Å²) >= 11 is 0. The second-order valence-corrected chi connectivity index (χ2v) is 7.97. The highest BCUT2D eigenvalue weighted by Gasteiger charge is 2.25. The Labute approximate surface area is 160 Å². The van der Waals surface area contributed by atoms with Crippen LogP contribution in [0.4, 0.5) is 0 Å². The lowest BCUT2D eigenvalue weighted by Gasteiger charge is -2.35. The number of guanidine groups is 1. The molecule has 0 spiro atoms. The third-order valence-electron chi connectivity index (χ3n) is 5.69. The van der Waals surface area contributed by atoms with Crippen molar-refractivity contribution in [3.05, 3.63) is 0 Å². The minimum Gasteiger partial charge on any atom is -0.381 e. The zero-order valence-corrected chi connectivity index (χ0v) is 17.1. The molecule has 1 aliphatic heterocycles. The molecule has 1 saturated heterocycles. The molecule has 2 unspecified atom stereocenters. The van der Waals surface area contributed by atoms with E-state index in [1.807, 2.05) is 7.05 Å². The summed E-state index contributed by atoms with van der Waals surface area (Å²) in [6.45, 7) is 5.23. The topological polar surface area (TPSA) is 58.1 Å². The molecular formula is C20H40N4O2. The van der Waals surface area contributed by atoms with Crippen LogP contribution in [0.2, 0.25) is 0 Å². The van der Waals surface area contributed by atoms with Crippen LogP contribution in [-0.4, -0.2) is 77.6 Å². The summed E-state index contributed by atoms with van der Waals surface area (Å²) in [4.78, 5) is 6.74. The highest BCUT2D eigenvalue weighted by molar-refractivity contribution is 5.79. The van der Waals surface area contributed by atoms with Gasteiger partial charge in [-0.05, 0) is 45.7 Å². The van der Waals surface area contributed by atoms with Crippen molar-refractivity contribution in [3.8, 4) is 0 Å². The maximum absolute atomic E-state index is 5.76. The van der Waals surface area contributed by atoms with Crippen LogP contribution in [0.3, 0.4) is 0 Å². The van der Waals surface area contributed by atoms with Crippen LogP contribution < -0.4 is 10.6 Å². The number of hydrogen-bond acceptors (Lipinski definition) is 4. The van der Waals surface area contributed by atoms with Crippen molar-refractivity contribution in [2.24, 2.45) is 16.8 Å². The average molecular weight is 369 g/mol. The van der Waals surface area contributed by atoms with Crippen LogP contribution in [-0.2, 0) is 9.47 Å². The smallest absolute Gasteiger partial charge is 0.191 e. The fourth-order valence-corrected chi connectivity index (χ4v) is 4.06. The van der Waals surface area contributed by atoms with Crippen molar-refractivity contribution in [1.29, 1.82) is 0 Å². The Morgan fingerprint density at radius 1 is 1.19 bits per heavy atom. The molecule has 1 aliphatic carbocycles. The van der Waals surface area contributed by atoms with Gasteiger partial charge in [-0.25, -0.2) is 0 Å². The highest BCUT2D eigenvalue weighted by Crippen LogP contribution is 2.28. The Hall–Kier alpha value is -0.850. The molecule has 0 aromatic carbocycles. The number of hydrogen-bond donors (Lipinski definition) is 2. The molecule has 1 heterocycles. The Morgan fingerprint density at radius 2 is 2.00 bits per heavy atom. The third-order valence-corrected chi connectivity index (χ3v) is 5.69. The van der Waals surface area contributed by atoms with Gasteiger partial charge in [0.2, 0.25) is 0 Å². The first-order valence-electron chi connectivity index (χ1n) is 10.5. The maximum atomic E-state index is 5.76. The van der Waals surface area contributed by atoms with E-state index < -0.39 is 0 Å². The molecule has 2 fully saturated rings. The molecule has 2 N–H and O–H groups in total. The Balaban J connectivity index is 1.58.